The van der Waals surface area contributed by atoms with Gasteiger partial charge in [0, 0.05) is 43.2 Å². The van der Waals surface area contributed by atoms with Crippen LogP contribution in [0.25, 0.3) is 0 Å². The number of nitro benzene ring substituents is 1. The van der Waals surface area contributed by atoms with Gasteiger partial charge in [0.25, 0.3) is 5.69 Å². The highest BCUT2D eigenvalue weighted by Crippen LogP contribution is 2.25. The topological polar surface area (TPSA) is 101 Å². The molecule has 3 rings (SSSR count). The van der Waals surface area contributed by atoms with E-state index in [-0.39, 0.29) is 29.6 Å². The van der Waals surface area contributed by atoms with Crippen molar-refractivity contribution >= 4 is 33.0 Å². The fourth-order valence-corrected chi connectivity index (χ4v) is 5.33. The van der Waals surface area contributed by atoms with E-state index in [9.17, 15) is 23.3 Å². The Labute approximate surface area is 161 Å². The summed E-state index contributed by atoms with van der Waals surface area (Å²) in [5.41, 5.74) is 0.195. The lowest BCUT2D eigenvalue weighted by Gasteiger charge is -2.34. The van der Waals surface area contributed by atoms with Crippen LogP contribution in [0.15, 0.2) is 40.6 Å². The maximum atomic E-state index is 12.9. The molecule has 0 atom stereocenters. The number of nitro groups is 1. The molecular weight excluding hydrogens is 390 g/mol. The molecule has 1 aromatic heterocycles. The van der Waals surface area contributed by atoms with Gasteiger partial charge in [0.15, 0.2) is 0 Å². The number of carbonyl (C=O) groups is 1. The predicted molar refractivity (Wildman–Crippen MR) is 101 cm³/mol. The molecule has 1 fully saturated rings. The first-order valence-electron chi connectivity index (χ1n) is 8.34. The highest BCUT2D eigenvalue weighted by molar-refractivity contribution is 7.89. The molecule has 0 spiro atoms. The standard InChI is InChI=1S/C17H19N3O5S2/c1-13-4-5-14(20(22)23)11-16(13)27(24,25)19-8-6-18(7-9-19)17(21)12-15-3-2-10-26-15/h2-5,10-11H,6-9,12H2,1H3. The summed E-state index contributed by atoms with van der Waals surface area (Å²) < 4.78 is 27.1. The van der Waals surface area contributed by atoms with Crippen LogP contribution < -0.4 is 0 Å². The van der Waals surface area contributed by atoms with Gasteiger partial charge < -0.3 is 4.90 Å². The first-order valence-corrected chi connectivity index (χ1v) is 10.7. The summed E-state index contributed by atoms with van der Waals surface area (Å²) in [6.07, 6.45) is 0.314. The zero-order valence-electron chi connectivity index (χ0n) is 14.7. The molecule has 10 heteroatoms. The summed E-state index contributed by atoms with van der Waals surface area (Å²) in [6, 6.07) is 7.61. The quantitative estimate of drug-likeness (QED) is 0.556. The zero-order chi connectivity index (χ0) is 19.6. The van der Waals surface area contributed by atoms with E-state index in [1.165, 1.54) is 27.8 Å². The third-order valence-corrected chi connectivity index (χ3v) is 7.41. The van der Waals surface area contributed by atoms with E-state index in [1.54, 1.807) is 11.8 Å². The van der Waals surface area contributed by atoms with Crippen molar-refractivity contribution in [2.75, 3.05) is 26.2 Å². The second-order valence-electron chi connectivity index (χ2n) is 6.25. The van der Waals surface area contributed by atoms with E-state index in [0.29, 0.717) is 25.1 Å². The number of nitrogens with zero attached hydrogens (tertiary/aromatic N) is 3. The lowest BCUT2D eigenvalue weighted by Crippen LogP contribution is -2.50. The van der Waals surface area contributed by atoms with Crippen LogP contribution in [0.1, 0.15) is 10.4 Å². The highest BCUT2D eigenvalue weighted by Gasteiger charge is 2.32. The lowest BCUT2D eigenvalue weighted by atomic mass is 10.2. The number of benzene rings is 1. The summed E-state index contributed by atoms with van der Waals surface area (Å²) in [5, 5.41) is 12.9. The molecule has 1 aromatic carbocycles. The average molecular weight is 409 g/mol. The van der Waals surface area contributed by atoms with Crippen molar-refractivity contribution in [1.82, 2.24) is 9.21 Å². The van der Waals surface area contributed by atoms with Crippen LogP contribution in [-0.2, 0) is 21.2 Å². The highest BCUT2D eigenvalue weighted by atomic mass is 32.2. The number of amides is 1. The average Bonchev–Trinajstić information content (AvgIpc) is 3.14. The van der Waals surface area contributed by atoms with Crippen LogP contribution in [0.2, 0.25) is 0 Å². The van der Waals surface area contributed by atoms with Gasteiger partial charge in [-0.05, 0) is 23.9 Å². The SMILES string of the molecule is Cc1ccc([N+](=O)[O-])cc1S(=O)(=O)N1CCN(C(=O)Cc2cccs2)CC1. The summed E-state index contributed by atoms with van der Waals surface area (Å²) in [5.74, 6) is -0.0268. The Morgan fingerprint density at radius 1 is 1.22 bits per heavy atom. The number of hydrogen-bond acceptors (Lipinski definition) is 6. The van der Waals surface area contributed by atoms with Gasteiger partial charge in [-0.15, -0.1) is 11.3 Å². The van der Waals surface area contributed by atoms with E-state index in [1.807, 2.05) is 17.5 Å². The van der Waals surface area contributed by atoms with Crippen molar-refractivity contribution < 1.29 is 18.1 Å². The third kappa shape index (κ3) is 4.18. The first kappa shape index (κ1) is 19.5. The molecule has 0 bridgehead atoms. The summed E-state index contributed by atoms with van der Waals surface area (Å²) in [6.45, 7) is 2.55. The Balaban J connectivity index is 1.70. The molecule has 0 N–H and O–H groups in total. The molecule has 0 saturated carbocycles. The van der Waals surface area contributed by atoms with Gasteiger partial charge >= 0.3 is 0 Å². The van der Waals surface area contributed by atoms with Crippen LogP contribution in [0.3, 0.4) is 0 Å². The first-order chi connectivity index (χ1) is 12.8. The van der Waals surface area contributed by atoms with Crippen LogP contribution in [0.5, 0.6) is 0 Å². The Morgan fingerprint density at radius 2 is 1.93 bits per heavy atom. The van der Waals surface area contributed by atoms with Crippen LogP contribution >= 0.6 is 11.3 Å². The van der Waals surface area contributed by atoms with E-state index in [2.05, 4.69) is 0 Å². The zero-order valence-corrected chi connectivity index (χ0v) is 16.3. The molecule has 27 heavy (non-hydrogen) atoms. The van der Waals surface area contributed by atoms with Crippen molar-refractivity contribution in [2.24, 2.45) is 0 Å². The summed E-state index contributed by atoms with van der Waals surface area (Å²) >= 11 is 1.51. The van der Waals surface area contributed by atoms with Crippen molar-refractivity contribution in [3.8, 4) is 0 Å². The predicted octanol–water partition coefficient (Wildman–Crippen LogP) is 2.04. The molecule has 144 valence electrons. The minimum atomic E-state index is -3.85. The lowest BCUT2D eigenvalue weighted by molar-refractivity contribution is -0.385. The molecule has 1 aliphatic heterocycles. The minimum Gasteiger partial charge on any atom is -0.340 e. The number of sulfonamides is 1. The molecule has 1 saturated heterocycles. The Bertz CT molecular complexity index is 949. The molecular formula is C17H19N3O5S2. The number of piperazine rings is 1. The van der Waals surface area contributed by atoms with Crippen LogP contribution in [0.4, 0.5) is 5.69 Å². The number of non-ortho nitro benzene ring substituents is 1. The van der Waals surface area contributed by atoms with E-state index in [4.69, 9.17) is 0 Å². The normalized spacial score (nSPS) is 15.7. The fourth-order valence-electron chi connectivity index (χ4n) is 2.97. The third-order valence-electron chi connectivity index (χ3n) is 4.50. The molecule has 8 nitrogen and oxygen atoms in total. The molecule has 1 aliphatic rings. The molecule has 2 aromatic rings. The second-order valence-corrected chi connectivity index (χ2v) is 9.19. The smallest absolute Gasteiger partial charge is 0.270 e. The van der Waals surface area contributed by atoms with Crippen molar-refractivity contribution in [1.29, 1.82) is 0 Å². The monoisotopic (exact) mass is 409 g/mol. The van der Waals surface area contributed by atoms with Gasteiger partial charge in [-0.1, -0.05) is 12.1 Å². The number of hydrogen-bond donors (Lipinski definition) is 0. The van der Waals surface area contributed by atoms with Gasteiger partial charge in [-0.3, -0.25) is 14.9 Å². The molecule has 0 radical (unpaired) electrons. The number of aryl methyl sites for hydroxylation is 1. The fraction of sp³-hybridized carbons (Fsp3) is 0.353. The van der Waals surface area contributed by atoms with Crippen LogP contribution in [-0.4, -0.2) is 54.6 Å². The van der Waals surface area contributed by atoms with Gasteiger partial charge in [0.1, 0.15) is 0 Å². The van der Waals surface area contributed by atoms with Crippen molar-refractivity contribution in [3.05, 3.63) is 56.3 Å². The van der Waals surface area contributed by atoms with Crippen molar-refractivity contribution in [2.45, 2.75) is 18.2 Å². The molecule has 2 heterocycles. The Morgan fingerprint density at radius 3 is 2.52 bits per heavy atom. The summed E-state index contributed by atoms with van der Waals surface area (Å²) in [7, 11) is -3.85. The number of carbonyl (C=O) groups excluding carboxylic acids is 1. The Hall–Kier alpha value is -2.30. The van der Waals surface area contributed by atoms with E-state index < -0.39 is 14.9 Å². The molecule has 0 unspecified atom stereocenters. The van der Waals surface area contributed by atoms with E-state index in [0.717, 1.165) is 10.9 Å². The maximum Gasteiger partial charge on any atom is 0.270 e. The molecule has 0 aliphatic carbocycles. The minimum absolute atomic E-state index is 0.0268. The van der Waals surface area contributed by atoms with Gasteiger partial charge in [-0.2, -0.15) is 4.31 Å². The Kier molecular flexibility index (Phi) is 5.59. The molecule has 1 amide bonds. The largest absolute Gasteiger partial charge is 0.340 e. The number of thiophene rings is 1. The second kappa shape index (κ2) is 7.75. The van der Waals surface area contributed by atoms with Gasteiger partial charge in [-0.25, -0.2) is 8.42 Å². The van der Waals surface area contributed by atoms with Crippen molar-refractivity contribution in [3.63, 3.8) is 0 Å². The van der Waals surface area contributed by atoms with Crippen LogP contribution in [0, 0.1) is 17.0 Å². The van der Waals surface area contributed by atoms with E-state index >= 15 is 0 Å². The van der Waals surface area contributed by atoms with Gasteiger partial charge in [0.2, 0.25) is 15.9 Å². The van der Waals surface area contributed by atoms with Gasteiger partial charge in [0.05, 0.1) is 16.2 Å². The summed E-state index contributed by atoms with van der Waals surface area (Å²) in [4.78, 5) is 25.3. The maximum absolute atomic E-state index is 12.9. The number of rotatable bonds is 5.